The van der Waals surface area contributed by atoms with E-state index in [4.69, 9.17) is 33.0 Å². The topological polar surface area (TPSA) is 75.6 Å². The van der Waals surface area contributed by atoms with Gasteiger partial charge in [-0.15, -0.1) is 0 Å². The zero-order valence-electron chi connectivity index (χ0n) is 11.5. The van der Waals surface area contributed by atoms with Gasteiger partial charge in [-0.2, -0.15) is 0 Å². The molecule has 0 unspecified atom stereocenters. The van der Waals surface area contributed by atoms with E-state index in [0.717, 1.165) is 0 Å². The van der Waals surface area contributed by atoms with Crippen molar-refractivity contribution in [3.05, 3.63) is 56.5 Å². The number of carboxylic acid groups (broad SMARTS) is 1. The Kier molecular flexibility index (Phi) is 5.87. The molecule has 0 aromatic heterocycles. The molecule has 120 valence electrons. The molecule has 0 aliphatic heterocycles. The summed E-state index contributed by atoms with van der Waals surface area (Å²) in [6.07, 6.45) is 0. The van der Waals surface area contributed by atoms with E-state index >= 15 is 0 Å². The minimum Gasteiger partial charge on any atom is -0.483 e. The van der Waals surface area contributed by atoms with Crippen molar-refractivity contribution >= 4 is 56.7 Å². The molecular formula is C15H10BrCl2NO4. The first kappa shape index (κ1) is 17.6. The van der Waals surface area contributed by atoms with Gasteiger partial charge in [-0.3, -0.25) is 4.79 Å². The number of hydrogen-bond acceptors (Lipinski definition) is 3. The van der Waals surface area contributed by atoms with Crippen LogP contribution in [0.25, 0.3) is 0 Å². The Morgan fingerprint density at radius 1 is 1.13 bits per heavy atom. The number of rotatable bonds is 5. The Bertz CT molecular complexity index is 767. The van der Waals surface area contributed by atoms with Crippen LogP contribution < -0.4 is 10.1 Å². The molecule has 0 atom stereocenters. The van der Waals surface area contributed by atoms with Crippen LogP contribution in [0.5, 0.6) is 5.75 Å². The predicted molar refractivity (Wildman–Crippen MR) is 91.7 cm³/mol. The highest BCUT2D eigenvalue weighted by Crippen LogP contribution is 2.27. The van der Waals surface area contributed by atoms with Crippen LogP contribution >= 0.6 is 39.1 Å². The molecule has 0 saturated carbocycles. The van der Waals surface area contributed by atoms with Crippen molar-refractivity contribution in [3.63, 3.8) is 0 Å². The van der Waals surface area contributed by atoms with Crippen molar-refractivity contribution in [1.82, 2.24) is 0 Å². The summed E-state index contributed by atoms with van der Waals surface area (Å²) in [6, 6.07) is 8.97. The highest BCUT2D eigenvalue weighted by Gasteiger charge is 2.10. The molecule has 0 heterocycles. The summed E-state index contributed by atoms with van der Waals surface area (Å²) in [5, 5.41) is 12.2. The SMILES string of the molecule is O=C(COc1ccc(C(=O)O)cc1Br)Nc1ccc(Cl)c(Cl)c1. The van der Waals surface area contributed by atoms with Crippen LogP contribution in [0.15, 0.2) is 40.9 Å². The molecule has 0 fully saturated rings. The minimum absolute atomic E-state index is 0.115. The van der Waals surface area contributed by atoms with Crippen molar-refractivity contribution in [2.45, 2.75) is 0 Å². The maximum atomic E-state index is 11.8. The van der Waals surface area contributed by atoms with E-state index in [2.05, 4.69) is 21.2 Å². The monoisotopic (exact) mass is 417 g/mol. The maximum Gasteiger partial charge on any atom is 0.335 e. The molecule has 0 radical (unpaired) electrons. The number of benzene rings is 2. The second kappa shape index (κ2) is 7.68. The Labute approximate surface area is 150 Å². The van der Waals surface area contributed by atoms with Gasteiger partial charge in [-0.1, -0.05) is 23.2 Å². The lowest BCUT2D eigenvalue weighted by molar-refractivity contribution is -0.118. The third-order valence-electron chi connectivity index (χ3n) is 2.74. The molecule has 2 rings (SSSR count). The summed E-state index contributed by atoms with van der Waals surface area (Å²) in [5.74, 6) is -1.08. The van der Waals surface area contributed by atoms with E-state index in [9.17, 15) is 9.59 Å². The summed E-state index contributed by atoms with van der Waals surface area (Å²) in [7, 11) is 0. The Balaban J connectivity index is 1.96. The van der Waals surface area contributed by atoms with Crippen molar-refractivity contribution in [2.75, 3.05) is 11.9 Å². The average molecular weight is 419 g/mol. The summed E-state index contributed by atoms with van der Waals surface area (Å²) >= 11 is 14.9. The molecule has 0 aliphatic rings. The number of aromatic carboxylic acids is 1. The molecule has 2 N–H and O–H groups in total. The lowest BCUT2D eigenvalue weighted by Gasteiger charge is -2.10. The Hall–Kier alpha value is -1.76. The zero-order chi connectivity index (χ0) is 17.0. The van der Waals surface area contributed by atoms with Crippen molar-refractivity contribution in [3.8, 4) is 5.75 Å². The molecule has 8 heteroatoms. The van der Waals surface area contributed by atoms with E-state index in [-0.39, 0.29) is 12.2 Å². The van der Waals surface area contributed by atoms with Crippen molar-refractivity contribution in [1.29, 1.82) is 0 Å². The van der Waals surface area contributed by atoms with E-state index in [1.807, 2.05) is 0 Å². The number of ether oxygens (including phenoxy) is 1. The van der Waals surface area contributed by atoms with E-state index in [1.165, 1.54) is 24.3 Å². The van der Waals surface area contributed by atoms with Gasteiger partial charge < -0.3 is 15.2 Å². The lowest BCUT2D eigenvalue weighted by Crippen LogP contribution is -2.20. The molecule has 2 aromatic rings. The number of carbonyl (C=O) groups is 2. The van der Waals surface area contributed by atoms with Gasteiger partial charge in [0.2, 0.25) is 0 Å². The van der Waals surface area contributed by atoms with Crippen molar-refractivity contribution in [2.24, 2.45) is 0 Å². The molecule has 0 spiro atoms. The molecule has 0 aliphatic carbocycles. The van der Waals surface area contributed by atoms with Crippen LogP contribution in [0.3, 0.4) is 0 Å². The molecule has 0 saturated heterocycles. The summed E-state index contributed by atoms with van der Waals surface area (Å²) < 4.78 is 5.79. The second-order valence-corrected chi connectivity index (χ2v) is 6.08. The fraction of sp³-hybridized carbons (Fsp3) is 0.0667. The molecule has 1 amide bonds. The average Bonchev–Trinajstić information content (AvgIpc) is 2.49. The van der Waals surface area contributed by atoms with E-state index < -0.39 is 11.9 Å². The molecule has 0 bridgehead atoms. The fourth-order valence-electron chi connectivity index (χ4n) is 1.67. The second-order valence-electron chi connectivity index (χ2n) is 4.42. The third kappa shape index (κ3) is 4.86. The van der Waals surface area contributed by atoms with Crippen LogP contribution in [0.2, 0.25) is 10.0 Å². The first-order valence-corrected chi connectivity index (χ1v) is 7.82. The Morgan fingerprint density at radius 2 is 1.87 bits per heavy atom. The smallest absolute Gasteiger partial charge is 0.335 e. The van der Waals surface area contributed by atoms with Crippen LogP contribution in [-0.2, 0) is 4.79 Å². The number of anilines is 1. The summed E-state index contributed by atoms with van der Waals surface area (Å²) in [5.41, 5.74) is 0.609. The number of halogens is 3. The first-order chi connectivity index (χ1) is 10.9. The van der Waals surface area contributed by atoms with Crippen LogP contribution in [-0.4, -0.2) is 23.6 Å². The standard InChI is InChI=1S/C15H10BrCl2NO4/c16-10-5-8(15(21)22)1-4-13(10)23-7-14(20)19-9-2-3-11(17)12(18)6-9/h1-6H,7H2,(H,19,20)(H,21,22). The van der Waals surface area contributed by atoms with Gasteiger partial charge in [0, 0.05) is 5.69 Å². The van der Waals surface area contributed by atoms with Gasteiger partial charge >= 0.3 is 5.97 Å². The molecular weight excluding hydrogens is 409 g/mol. The van der Waals surface area contributed by atoms with Gasteiger partial charge in [0.05, 0.1) is 20.1 Å². The fourth-order valence-corrected chi connectivity index (χ4v) is 2.46. The van der Waals surface area contributed by atoms with Gasteiger partial charge in [-0.05, 0) is 52.3 Å². The number of carbonyl (C=O) groups excluding carboxylic acids is 1. The Morgan fingerprint density at radius 3 is 2.48 bits per heavy atom. The highest BCUT2D eigenvalue weighted by atomic mass is 79.9. The van der Waals surface area contributed by atoms with E-state index in [1.54, 1.807) is 12.1 Å². The quantitative estimate of drug-likeness (QED) is 0.750. The maximum absolute atomic E-state index is 11.8. The highest BCUT2D eigenvalue weighted by molar-refractivity contribution is 9.10. The van der Waals surface area contributed by atoms with Crippen LogP contribution in [0, 0.1) is 0 Å². The predicted octanol–water partition coefficient (Wildman–Crippen LogP) is 4.47. The van der Waals surface area contributed by atoms with Crippen LogP contribution in [0.1, 0.15) is 10.4 Å². The number of carboxylic acids is 1. The molecule has 23 heavy (non-hydrogen) atoms. The molecule has 5 nitrogen and oxygen atoms in total. The number of amides is 1. The largest absolute Gasteiger partial charge is 0.483 e. The van der Waals surface area contributed by atoms with Gasteiger partial charge in [0.25, 0.3) is 5.91 Å². The zero-order valence-corrected chi connectivity index (χ0v) is 14.6. The van der Waals surface area contributed by atoms with Gasteiger partial charge in [0.15, 0.2) is 6.61 Å². The number of hydrogen-bond donors (Lipinski definition) is 2. The minimum atomic E-state index is -1.05. The first-order valence-electron chi connectivity index (χ1n) is 6.27. The lowest BCUT2D eigenvalue weighted by atomic mass is 10.2. The van der Waals surface area contributed by atoms with Gasteiger partial charge in [-0.25, -0.2) is 4.79 Å². The summed E-state index contributed by atoms with van der Waals surface area (Å²) in [4.78, 5) is 22.7. The van der Waals surface area contributed by atoms with Crippen LogP contribution in [0.4, 0.5) is 5.69 Å². The normalized spacial score (nSPS) is 10.2. The number of nitrogens with one attached hydrogen (secondary N) is 1. The molecule has 2 aromatic carbocycles. The van der Waals surface area contributed by atoms with Crippen molar-refractivity contribution < 1.29 is 19.4 Å². The third-order valence-corrected chi connectivity index (χ3v) is 4.10. The van der Waals surface area contributed by atoms with Gasteiger partial charge in [0.1, 0.15) is 5.75 Å². The summed E-state index contributed by atoms with van der Waals surface area (Å²) in [6.45, 7) is -0.245. The van der Waals surface area contributed by atoms with E-state index in [0.29, 0.717) is 26.0 Å².